The Bertz CT molecular complexity index is 516. The number of benzene rings is 1. The van der Waals surface area contributed by atoms with E-state index in [9.17, 15) is 9.59 Å². The number of carbonyl (C=O) groups excluding carboxylic acids is 2. The first kappa shape index (κ1) is 14.2. The molecule has 1 atom stereocenters. The number of nitrogens with one attached hydrogen (secondary N) is 1. The Morgan fingerprint density at radius 1 is 1.40 bits per heavy atom. The molecule has 6 nitrogen and oxygen atoms in total. The highest BCUT2D eigenvalue weighted by Gasteiger charge is 2.23. The number of ether oxygens (including phenoxy) is 2. The van der Waals surface area contributed by atoms with E-state index in [0.717, 1.165) is 12.8 Å². The maximum Gasteiger partial charge on any atom is 0.337 e. The van der Waals surface area contributed by atoms with Crippen LogP contribution in [0.1, 0.15) is 29.6 Å². The number of hydrogen-bond donors (Lipinski definition) is 2. The molecule has 1 aromatic rings. The molecule has 0 radical (unpaired) electrons. The highest BCUT2D eigenvalue weighted by molar-refractivity contribution is 5.91. The Hall–Kier alpha value is -2.24. The smallest absolute Gasteiger partial charge is 0.337 e. The molecule has 1 unspecified atom stereocenters. The lowest BCUT2D eigenvalue weighted by Crippen LogP contribution is -2.36. The van der Waals surface area contributed by atoms with Gasteiger partial charge in [-0.1, -0.05) is 0 Å². The van der Waals surface area contributed by atoms with Gasteiger partial charge in [-0.25, -0.2) is 4.79 Å². The van der Waals surface area contributed by atoms with Crippen molar-refractivity contribution >= 4 is 17.6 Å². The van der Waals surface area contributed by atoms with Crippen LogP contribution >= 0.6 is 0 Å². The average Bonchev–Trinajstić information content (AvgIpc) is 2.65. The van der Waals surface area contributed by atoms with Crippen molar-refractivity contribution < 1.29 is 19.1 Å². The van der Waals surface area contributed by atoms with E-state index in [2.05, 4.69) is 10.1 Å². The number of nitrogens with two attached hydrogens (primary N) is 1. The van der Waals surface area contributed by atoms with Crippen LogP contribution in [0.2, 0.25) is 0 Å². The Kier molecular flexibility index (Phi) is 4.45. The summed E-state index contributed by atoms with van der Waals surface area (Å²) in [6, 6.07) is 4.63. The molecule has 1 amide bonds. The molecule has 1 saturated heterocycles. The monoisotopic (exact) mass is 278 g/mol. The van der Waals surface area contributed by atoms with Crippen molar-refractivity contribution in [3.63, 3.8) is 0 Å². The number of nitrogen functional groups attached to an aromatic ring is 1. The van der Waals surface area contributed by atoms with Gasteiger partial charge in [0.25, 0.3) is 5.91 Å². The van der Waals surface area contributed by atoms with E-state index in [1.807, 2.05) is 0 Å². The highest BCUT2D eigenvalue weighted by Crippen LogP contribution is 2.25. The lowest BCUT2D eigenvalue weighted by atomic mass is 10.1. The summed E-state index contributed by atoms with van der Waals surface area (Å²) in [5.74, 6) is -0.186. The molecule has 6 heteroatoms. The van der Waals surface area contributed by atoms with Gasteiger partial charge in [0.05, 0.1) is 18.4 Å². The Balaban J connectivity index is 2.12. The molecule has 0 saturated carbocycles. The molecule has 1 aliphatic rings. The van der Waals surface area contributed by atoms with Crippen molar-refractivity contribution in [1.82, 2.24) is 5.32 Å². The molecule has 0 aliphatic carbocycles. The van der Waals surface area contributed by atoms with E-state index in [4.69, 9.17) is 10.5 Å². The summed E-state index contributed by atoms with van der Waals surface area (Å²) < 4.78 is 10.3. The van der Waals surface area contributed by atoms with Crippen LogP contribution < -0.4 is 15.8 Å². The van der Waals surface area contributed by atoms with Crippen LogP contribution in [0.25, 0.3) is 0 Å². The van der Waals surface area contributed by atoms with Crippen molar-refractivity contribution in [2.24, 2.45) is 0 Å². The fourth-order valence-corrected chi connectivity index (χ4v) is 2.08. The second kappa shape index (κ2) is 6.27. The third kappa shape index (κ3) is 3.20. The molecule has 20 heavy (non-hydrogen) atoms. The van der Waals surface area contributed by atoms with Crippen LogP contribution in [0.4, 0.5) is 5.69 Å². The van der Waals surface area contributed by atoms with Gasteiger partial charge in [-0.2, -0.15) is 0 Å². The molecule has 1 fully saturated rings. The SMILES string of the molecule is COC(=O)c1ccc(OC2CCCCNC2=O)c(N)c1. The summed E-state index contributed by atoms with van der Waals surface area (Å²) in [7, 11) is 1.30. The molecular formula is C14H18N2O4. The topological polar surface area (TPSA) is 90.6 Å². The van der Waals surface area contributed by atoms with E-state index in [1.54, 1.807) is 12.1 Å². The molecular weight excluding hydrogens is 260 g/mol. The number of amides is 1. The van der Waals surface area contributed by atoms with Gasteiger partial charge in [-0.3, -0.25) is 4.79 Å². The third-order valence-electron chi connectivity index (χ3n) is 3.18. The predicted molar refractivity (Wildman–Crippen MR) is 73.5 cm³/mol. The summed E-state index contributed by atoms with van der Waals surface area (Å²) in [5.41, 5.74) is 6.51. The fraction of sp³-hybridized carbons (Fsp3) is 0.429. The first-order valence-corrected chi connectivity index (χ1v) is 6.54. The van der Waals surface area contributed by atoms with E-state index < -0.39 is 12.1 Å². The highest BCUT2D eigenvalue weighted by atomic mass is 16.5. The number of carbonyl (C=O) groups is 2. The van der Waals surface area contributed by atoms with E-state index in [-0.39, 0.29) is 5.91 Å². The summed E-state index contributed by atoms with van der Waals surface area (Å²) in [6.45, 7) is 0.676. The van der Waals surface area contributed by atoms with Gasteiger partial charge < -0.3 is 20.5 Å². The van der Waals surface area contributed by atoms with E-state index in [1.165, 1.54) is 13.2 Å². The van der Waals surface area contributed by atoms with Gasteiger partial charge in [0, 0.05) is 6.54 Å². The molecule has 1 aromatic carbocycles. The maximum absolute atomic E-state index is 11.8. The first-order chi connectivity index (χ1) is 9.61. The first-order valence-electron chi connectivity index (χ1n) is 6.54. The zero-order valence-electron chi connectivity index (χ0n) is 11.3. The van der Waals surface area contributed by atoms with Gasteiger partial charge >= 0.3 is 5.97 Å². The van der Waals surface area contributed by atoms with Crippen molar-refractivity contribution in [1.29, 1.82) is 0 Å². The number of hydrogen-bond acceptors (Lipinski definition) is 5. The van der Waals surface area contributed by atoms with Crippen LogP contribution in [0.3, 0.4) is 0 Å². The Labute approximate surface area is 117 Å². The van der Waals surface area contributed by atoms with Gasteiger partial charge in [0.1, 0.15) is 5.75 Å². The Morgan fingerprint density at radius 2 is 2.20 bits per heavy atom. The summed E-state index contributed by atoms with van der Waals surface area (Å²) in [5, 5.41) is 2.79. The van der Waals surface area contributed by atoms with Gasteiger partial charge in [-0.15, -0.1) is 0 Å². The molecule has 1 heterocycles. The lowest BCUT2D eigenvalue weighted by Gasteiger charge is -2.17. The second-order valence-electron chi connectivity index (χ2n) is 4.64. The zero-order chi connectivity index (χ0) is 14.5. The van der Waals surface area contributed by atoms with Crippen molar-refractivity contribution in [2.45, 2.75) is 25.4 Å². The maximum atomic E-state index is 11.8. The minimum Gasteiger partial charge on any atom is -0.478 e. The molecule has 0 bridgehead atoms. The molecule has 0 aromatic heterocycles. The minimum absolute atomic E-state index is 0.126. The van der Waals surface area contributed by atoms with Gasteiger partial charge in [0.2, 0.25) is 0 Å². The minimum atomic E-state index is -0.538. The molecule has 1 aliphatic heterocycles. The van der Waals surface area contributed by atoms with Crippen LogP contribution in [-0.2, 0) is 9.53 Å². The predicted octanol–water partition coefficient (Wildman–Crippen LogP) is 1.10. The standard InChI is InChI=1S/C14H18N2O4/c1-19-14(18)9-5-6-11(10(15)8-9)20-12-4-2-3-7-16-13(12)17/h5-6,8,12H,2-4,7,15H2,1H3,(H,16,17). The van der Waals surface area contributed by atoms with E-state index >= 15 is 0 Å². The molecule has 2 rings (SSSR count). The van der Waals surface area contributed by atoms with Crippen molar-refractivity contribution in [3.05, 3.63) is 23.8 Å². The van der Waals surface area contributed by atoms with Gasteiger partial charge in [-0.05, 0) is 37.5 Å². The number of anilines is 1. The average molecular weight is 278 g/mol. The van der Waals surface area contributed by atoms with E-state index in [0.29, 0.717) is 30.0 Å². The van der Waals surface area contributed by atoms with Crippen LogP contribution in [-0.4, -0.2) is 31.6 Å². The normalized spacial score (nSPS) is 18.9. The largest absolute Gasteiger partial charge is 0.478 e. The molecule has 0 spiro atoms. The van der Waals surface area contributed by atoms with Crippen LogP contribution in [0.5, 0.6) is 5.75 Å². The molecule has 108 valence electrons. The quantitative estimate of drug-likeness (QED) is 0.638. The van der Waals surface area contributed by atoms with Crippen molar-refractivity contribution in [2.75, 3.05) is 19.4 Å². The third-order valence-corrected chi connectivity index (χ3v) is 3.18. The summed E-state index contributed by atoms with van der Waals surface area (Å²) >= 11 is 0. The number of esters is 1. The number of rotatable bonds is 3. The van der Waals surface area contributed by atoms with Gasteiger partial charge in [0.15, 0.2) is 6.10 Å². The van der Waals surface area contributed by atoms with Crippen molar-refractivity contribution in [3.8, 4) is 5.75 Å². The molecule has 3 N–H and O–H groups in total. The van der Waals surface area contributed by atoms with Crippen LogP contribution in [0.15, 0.2) is 18.2 Å². The fourth-order valence-electron chi connectivity index (χ4n) is 2.08. The Morgan fingerprint density at radius 3 is 2.90 bits per heavy atom. The lowest BCUT2D eigenvalue weighted by molar-refractivity contribution is -0.127. The number of methoxy groups -OCH3 is 1. The summed E-state index contributed by atoms with van der Waals surface area (Å²) in [4.78, 5) is 23.2. The summed E-state index contributed by atoms with van der Waals surface area (Å²) in [6.07, 6.45) is 1.99. The van der Waals surface area contributed by atoms with Crippen LogP contribution in [0, 0.1) is 0 Å². The zero-order valence-corrected chi connectivity index (χ0v) is 11.3. The second-order valence-corrected chi connectivity index (χ2v) is 4.64.